The van der Waals surface area contributed by atoms with Crippen LogP contribution < -0.4 is 0 Å². The van der Waals surface area contributed by atoms with Gasteiger partial charge in [-0.2, -0.15) is 0 Å². The molecule has 0 spiro atoms. The van der Waals surface area contributed by atoms with Gasteiger partial charge in [0.05, 0.1) is 0 Å². The predicted molar refractivity (Wildman–Crippen MR) is 85.3 cm³/mol. The lowest BCUT2D eigenvalue weighted by Crippen LogP contribution is -2.50. The second kappa shape index (κ2) is 6.46. The van der Waals surface area contributed by atoms with Crippen molar-refractivity contribution in [1.29, 1.82) is 0 Å². The van der Waals surface area contributed by atoms with Gasteiger partial charge in [0.25, 0.3) is 0 Å². The minimum Gasteiger partial charge on any atom is -0.298 e. The molecule has 2 fully saturated rings. The standard InChI is InChI=1S/C17H25ClN2/c1-14(15-6-8-16(18)9-7-15)19-10-12-20(13-11-19)17-4-2-3-5-17/h6-9,14,17H,2-5,10-13H2,1H3. The number of hydrogen-bond donors (Lipinski definition) is 0. The summed E-state index contributed by atoms with van der Waals surface area (Å²) >= 11 is 5.97. The summed E-state index contributed by atoms with van der Waals surface area (Å²) in [6.45, 7) is 7.18. The van der Waals surface area contributed by atoms with Gasteiger partial charge in [-0.05, 0) is 37.5 Å². The number of hydrogen-bond acceptors (Lipinski definition) is 2. The van der Waals surface area contributed by atoms with Gasteiger partial charge in [-0.25, -0.2) is 0 Å². The maximum absolute atomic E-state index is 5.97. The van der Waals surface area contributed by atoms with Crippen LogP contribution >= 0.6 is 11.6 Å². The van der Waals surface area contributed by atoms with E-state index in [-0.39, 0.29) is 0 Å². The van der Waals surface area contributed by atoms with Gasteiger partial charge >= 0.3 is 0 Å². The second-order valence-corrected chi connectivity index (χ2v) is 6.67. The van der Waals surface area contributed by atoms with Crippen molar-refractivity contribution in [3.05, 3.63) is 34.9 Å². The molecule has 1 aromatic rings. The minimum absolute atomic E-state index is 0.498. The predicted octanol–water partition coefficient (Wildman–Crippen LogP) is 3.96. The molecule has 3 heteroatoms. The molecule has 1 aliphatic heterocycles. The quantitative estimate of drug-likeness (QED) is 0.832. The Morgan fingerprint density at radius 3 is 2.20 bits per heavy atom. The lowest BCUT2D eigenvalue weighted by atomic mass is 10.1. The molecule has 1 atom stereocenters. The molecule has 3 rings (SSSR count). The van der Waals surface area contributed by atoms with Crippen molar-refractivity contribution in [2.24, 2.45) is 0 Å². The third-order valence-electron chi connectivity index (χ3n) is 5.09. The van der Waals surface area contributed by atoms with Crippen LogP contribution in [0.1, 0.15) is 44.2 Å². The maximum Gasteiger partial charge on any atom is 0.0406 e. The lowest BCUT2D eigenvalue weighted by molar-refractivity contribution is 0.0751. The molecule has 0 radical (unpaired) electrons. The van der Waals surface area contributed by atoms with Crippen LogP contribution in [0, 0.1) is 0 Å². The summed E-state index contributed by atoms with van der Waals surface area (Å²) in [5.41, 5.74) is 1.38. The van der Waals surface area contributed by atoms with E-state index in [1.807, 2.05) is 12.1 Å². The second-order valence-electron chi connectivity index (χ2n) is 6.24. The van der Waals surface area contributed by atoms with Gasteiger partial charge in [0.1, 0.15) is 0 Å². The topological polar surface area (TPSA) is 6.48 Å². The first-order valence-corrected chi connectivity index (χ1v) is 8.35. The maximum atomic E-state index is 5.97. The average molecular weight is 293 g/mol. The molecule has 0 aromatic heterocycles. The fourth-order valence-electron chi connectivity index (χ4n) is 3.71. The Hall–Kier alpha value is -0.570. The van der Waals surface area contributed by atoms with Crippen molar-refractivity contribution >= 4 is 11.6 Å². The van der Waals surface area contributed by atoms with Crippen LogP contribution in [-0.2, 0) is 0 Å². The Morgan fingerprint density at radius 2 is 1.60 bits per heavy atom. The fraction of sp³-hybridized carbons (Fsp3) is 0.647. The Balaban J connectivity index is 1.55. The molecule has 0 amide bonds. The number of piperazine rings is 1. The van der Waals surface area contributed by atoms with E-state index in [4.69, 9.17) is 11.6 Å². The highest BCUT2D eigenvalue weighted by Crippen LogP contribution is 2.27. The molecular weight excluding hydrogens is 268 g/mol. The Kier molecular flexibility index (Phi) is 4.65. The Morgan fingerprint density at radius 1 is 1.00 bits per heavy atom. The molecule has 1 saturated carbocycles. The molecule has 2 aliphatic rings. The number of benzene rings is 1. The lowest BCUT2D eigenvalue weighted by Gasteiger charge is -2.40. The number of nitrogens with zero attached hydrogens (tertiary/aromatic N) is 2. The SMILES string of the molecule is CC(c1ccc(Cl)cc1)N1CCN(C2CCCC2)CC1. The highest BCUT2D eigenvalue weighted by Gasteiger charge is 2.27. The molecule has 1 heterocycles. The van der Waals surface area contributed by atoms with Crippen molar-refractivity contribution in [2.45, 2.75) is 44.7 Å². The molecule has 1 saturated heterocycles. The third-order valence-corrected chi connectivity index (χ3v) is 5.34. The average Bonchev–Trinajstić information content (AvgIpc) is 3.02. The number of halogens is 1. The van der Waals surface area contributed by atoms with Gasteiger partial charge in [-0.1, -0.05) is 36.6 Å². The summed E-state index contributed by atoms with van der Waals surface area (Å²) in [7, 11) is 0. The van der Waals surface area contributed by atoms with E-state index in [0.717, 1.165) is 11.1 Å². The van der Waals surface area contributed by atoms with E-state index in [9.17, 15) is 0 Å². The minimum atomic E-state index is 0.498. The molecule has 2 nitrogen and oxygen atoms in total. The molecule has 0 N–H and O–H groups in total. The first-order chi connectivity index (χ1) is 9.74. The van der Waals surface area contributed by atoms with E-state index in [1.165, 1.54) is 57.4 Å². The van der Waals surface area contributed by atoms with Crippen molar-refractivity contribution in [3.8, 4) is 0 Å². The highest BCUT2D eigenvalue weighted by atomic mass is 35.5. The van der Waals surface area contributed by atoms with Crippen molar-refractivity contribution < 1.29 is 0 Å². The van der Waals surface area contributed by atoms with E-state index < -0.39 is 0 Å². The summed E-state index contributed by atoms with van der Waals surface area (Å²) in [5, 5.41) is 0.826. The molecule has 110 valence electrons. The smallest absolute Gasteiger partial charge is 0.0406 e. The molecule has 20 heavy (non-hydrogen) atoms. The van der Waals surface area contributed by atoms with Crippen LogP contribution in [0.15, 0.2) is 24.3 Å². The van der Waals surface area contributed by atoms with Crippen LogP contribution in [0.2, 0.25) is 5.02 Å². The van der Waals surface area contributed by atoms with Gasteiger partial charge in [0, 0.05) is 43.3 Å². The first kappa shape index (κ1) is 14.4. The van der Waals surface area contributed by atoms with Crippen LogP contribution in [0.3, 0.4) is 0 Å². The summed E-state index contributed by atoms with van der Waals surface area (Å²) < 4.78 is 0. The molecular formula is C17H25ClN2. The third kappa shape index (κ3) is 3.19. The molecule has 0 bridgehead atoms. The normalized spacial score (nSPS) is 24.1. The zero-order valence-corrected chi connectivity index (χ0v) is 13.1. The largest absolute Gasteiger partial charge is 0.298 e. The summed E-state index contributed by atoms with van der Waals surface area (Å²) in [6, 6.07) is 9.71. The van der Waals surface area contributed by atoms with Crippen LogP contribution in [0.4, 0.5) is 0 Å². The van der Waals surface area contributed by atoms with Gasteiger partial charge in [-0.3, -0.25) is 9.80 Å². The van der Waals surface area contributed by atoms with Crippen molar-refractivity contribution in [3.63, 3.8) is 0 Å². The van der Waals surface area contributed by atoms with Gasteiger partial charge in [0.2, 0.25) is 0 Å². The van der Waals surface area contributed by atoms with Crippen LogP contribution in [0.25, 0.3) is 0 Å². The van der Waals surface area contributed by atoms with Crippen molar-refractivity contribution in [1.82, 2.24) is 9.80 Å². The van der Waals surface area contributed by atoms with Gasteiger partial charge in [0.15, 0.2) is 0 Å². The van der Waals surface area contributed by atoms with Crippen LogP contribution in [-0.4, -0.2) is 42.0 Å². The summed E-state index contributed by atoms with van der Waals surface area (Å²) in [6.07, 6.45) is 5.72. The van der Waals surface area contributed by atoms with Crippen molar-refractivity contribution in [2.75, 3.05) is 26.2 Å². The zero-order valence-electron chi connectivity index (χ0n) is 12.4. The monoisotopic (exact) mass is 292 g/mol. The number of rotatable bonds is 3. The molecule has 1 aromatic carbocycles. The molecule has 1 aliphatic carbocycles. The van der Waals surface area contributed by atoms with Crippen LogP contribution in [0.5, 0.6) is 0 Å². The van der Waals surface area contributed by atoms with Gasteiger partial charge in [-0.15, -0.1) is 0 Å². The van der Waals surface area contributed by atoms with E-state index in [0.29, 0.717) is 6.04 Å². The Labute approximate surface area is 127 Å². The summed E-state index contributed by atoms with van der Waals surface area (Å²) in [5.74, 6) is 0. The molecule has 1 unspecified atom stereocenters. The van der Waals surface area contributed by atoms with E-state index in [2.05, 4.69) is 28.9 Å². The summed E-state index contributed by atoms with van der Waals surface area (Å²) in [4.78, 5) is 5.33. The van der Waals surface area contributed by atoms with E-state index >= 15 is 0 Å². The first-order valence-electron chi connectivity index (χ1n) is 7.97. The van der Waals surface area contributed by atoms with E-state index in [1.54, 1.807) is 0 Å². The van der Waals surface area contributed by atoms with Gasteiger partial charge < -0.3 is 0 Å². The fourth-order valence-corrected chi connectivity index (χ4v) is 3.84. The zero-order chi connectivity index (χ0) is 13.9. The highest BCUT2D eigenvalue weighted by molar-refractivity contribution is 6.30. The Bertz CT molecular complexity index is 417.